The van der Waals surface area contributed by atoms with Gasteiger partial charge >= 0.3 is 0 Å². The summed E-state index contributed by atoms with van der Waals surface area (Å²) in [5, 5.41) is 9.31. The first-order valence-corrected chi connectivity index (χ1v) is 5.69. The molecule has 1 heterocycles. The zero-order chi connectivity index (χ0) is 13.8. The number of aliphatic hydroxyl groups is 1. The molecule has 1 aromatic heterocycles. The summed E-state index contributed by atoms with van der Waals surface area (Å²) in [7, 11) is 1.87. The van der Waals surface area contributed by atoms with E-state index in [2.05, 4.69) is 10.4 Å². The second-order valence-corrected chi connectivity index (χ2v) is 4.80. The number of carbonyl (C=O) groups is 1. The highest BCUT2D eigenvalue weighted by atomic mass is 16.3. The quantitative estimate of drug-likeness (QED) is 0.386. The van der Waals surface area contributed by atoms with Crippen molar-refractivity contribution in [3.63, 3.8) is 0 Å². The molecule has 1 aromatic rings. The van der Waals surface area contributed by atoms with Crippen LogP contribution in [-0.4, -0.2) is 40.1 Å². The predicted molar refractivity (Wildman–Crippen MR) is 68.5 cm³/mol. The van der Waals surface area contributed by atoms with E-state index >= 15 is 0 Å². The first-order valence-electron chi connectivity index (χ1n) is 5.69. The molecule has 18 heavy (non-hydrogen) atoms. The number of aliphatic hydroxyl groups excluding tert-OH is 1. The smallest absolute Gasteiger partial charge is 0.267 e. The lowest BCUT2D eigenvalue weighted by atomic mass is 10.0. The third kappa shape index (κ3) is 3.25. The number of hydrogen-bond acceptors (Lipinski definition) is 5. The minimum Gasteiger partial charge on any atom is -0.394 e. The number of amides is 1. The lowest BCUT2D eigenvalue weighted by Gasteiger charge is -2.33. The van der Waals surface area contributed by atoms with Crippen molar-refractivity contribution in [2.45, 2.75) is 25.9 Å². The van der Waals surface area contributed by atoms with Gasteiger partial charge < -0.3 is 5.11 Å². The molecule has 0 aromatic carbocycles. The molecule has 0 bridgehead atoms. The van der Waals surface area contributed by atoms with Crippen LogP contribution in [0.15, 0.2) is 18.3 Å². The van der Waals surface area contributed by atoms with Crippen LogP contribution in [0.4, 0.5) is 0 Å². The third-order valence-corrected chi connectivity index (χ3v) is 3.07. The SMILES string of the molecule is CN(Cc1ncccc1C(=O)NN)C(C)(C)CO. The molecule has 0 fully saturated rings. The molecule has 6 nitrogen and oxygen atoms in total. The minimum atomic E-state index is -0.381. The Balaban J connectivity index is 2.94. The molecule has 0 radical (unpaired) electrons. The average Bonchev–Trinajstić information content (AvgIpc) is 2.38. The number of nitrogens with zero attached hydrogens (tertiary/aromatic N) is 2. The van der Waals surface area contributed by atoms with Crippen LogP contribution in [-0.2, 0) is 6.54 Å². The lowest BCUT2D eigenvalue weighted by molar-refractivity contribution is 0.0718. The van der Waals surface area contributed by atoms with E-state index in [1.54, 1.807) is 18.3 Å². The standard InChI is InChI=1S/C12H20N4O2/c1-12(2,8-17)16(3)7-10-9(11(18)15-13)5-4-6-14-10/h4-6,17H,7-8,13H2,1-3H3,(H,15,18). The van der Waals surface area contributed by atoms with Gasteiger partial charge in [0.1, 0.15) is 0 Å². The predicted octanol–water partition coefficient (Wildman–Crippen LogP) is -0.112. The highest BCUT2D eigenvalue weighted by Gasteiger charge is 2.24. The van der Waals surface area contributed by atoms with Gasteiger partial charge in [0.25, 0.3) is 5.91 Å². The summed E-state index contributed by atoms with van der Waals surface area (Å²) < 4.78 is 0. The van der Waals surface area contributed by atoms with Gasteiger partial charge in [-0.25, -0.2) is 5.84 Å². The Bertz CT molecular complexity index is 420. The number of nitrogen functional groups attached to an aromatic ring is 1. The number of aromatic nitrogens is 1. The summed E-state index contributed by atoms with van der Waals surface area (Å²) in [6.07, 6.45) is 1.63. The van der Waals surface area contributed by atoms with Crippen LogP contribution < -0.4 is 11.3 Å². The highest BCUT2D eigenvalue weighted by molar-refractivity contribution is 5.94. The molecule has 0 aliphatic rings. The molecule has 1 amide bonds. The maximum Gasteiger partial charge on any atom is 0.267 e. The summed E-state index contributed by atoms with van der Waals surface area (Å²) in [5.41, 5.74) is 2.79. The number of hydrogen-bond donors (Lipinski definition) is 3. The molecule has 0 unspecified atom stereocenters. The van der Waals surface area contributed by atoms with Crippen molar-refractivity contribution in [3.05, 3.63) is 29.6 Å². The van der Waals surface area contributed by atoms with E-state index in [-0.39, 0.29) is 18.1 Å². The number of carbonyl (C=O) groups excluding carboxylic acids is 1. The van der Waals surface area contributed by atoms with Crippen molar-refractivity contribution in [2.24, 2.45) is 5.84 Å². The van der Waals surface area contributed by atoms with Crippen molar-refractivity contribution >= 4 is 5.91 Å². The maximum absolute atomic E-state index is 11.6. The van der Waals surface area contributed by atoms with E-state index in [0.717, 1.165) is 0 Å². The molecule has 1 rings (SSSR count). The molecule has 6 heteroatoms. The molecule has 100 valence electrons. The fourth-order valence-corrected chi connectivity index (χ4v) is 1.41. The second-order valence-electron chi connectivity index (χ2n) is 4.80. The largest absolute Gasteiger partial charge is 0.394 e. The second kappa shape index (κ2) is 5.90. The van der Waals surface area contributed by atoms with Crippen molar-refractivity contribution in [2.75, 3.05) is 13.7 Å². The van der Waals surface area contributed by atoms with Crippen molar-refractivity contribution in [1.29, 1.82) is 0 Å². The summed E-state index contributed by atoms with van der Waals surface area (Å²) in [4.78, 5) is 17.7. The molecule has 0 saturated carbocycles. The van der Waals surface area contributed by atoms with E-state index in [1.807, 2.05) is 25.8 Å². The summed E-state index contributed by atoms with van der Waals surface area (Å²) in [5.74, 6) is 4.77. The molecule has 0 saturated heterocycles. The Hall–Kier alpha value is -1.50. The van der Waals surface area contributed by atoms with Gasteiger partial charge in [-0.3, -0.25) is 20.1 Å². The molecule has 0 aliphatic carbocycles. The third-order valence-electron chi connectivity index (χ3n) is 3.07. The molecule has 4 N–H and O–H groups in total. The van der Waals surface area contributed by atoms with Gasteiger partial charge in [-0.15, -0.1) is 0 Å². The molecular weight excluding hydrogens is 232 g/mol. The van der Waals surface area contributed by atoms with Gasteiger partial charge in [0.2, 0.25) is 0 Å². The number of nitrogens with one attached hydrogen (secondary N) is 1. The molecule has 0 aliphatic heterocycles. The Morgan fingerprint density at radius 3 is 2.83 bits per heavy atom. The van der Waals surface area contributed by atoms with E-state index in [4.69, 9.17) is 5.84 Å². The number of likely N-dealkylation sites (N-methyl/N-ethyl adjacent to an activating group) is 1. The van der Waals surface area contributed by atoms with Crippen molar-refractivity contribution in [1.82, 2.24) is 15.3 Å². The van der Waals surface area contributed by atoms with Crippen LogP contribution in [0.2, 0.25) is 0 Å². The van der Waals surface area contributed by atoms with E-state index in [9.17, 15) is 9.90 Å². The van der Waals surface area contributed by atoms with E-state index < -0.39 is 0 Å². The van der Waals surface area contributed by atoms with Crippen LogP contribution in [0.1, 0.15) is 29.9 Å². The lowest BCUT2D eigenvalue weighted by Crippen LogP contribution is -2.44. The van der Waals surface area contributed by atoms with Crippen LogP contribution in [0, 0.1) is 0 Å². The van der Waals surface area contributed by atoms with E-state index in [0.29, 0.717) is 17.8 Å². The first-order chi connectivity index (χ1) is 8.42. The number of hydrazine groups is 1. The van der Waals surface area contributed by atoms with Crippen molar-refractivity contribution in [3.8, 4) is 0 Å². The van der Waals surface area contributed by atoms with Gasteiger partial charge in [-0.1, -0.05) is 0 Å². The molecular formula is C12H20N4O2. The van der Waals surface area contributed by atoms with Crippen LogP contribution >= 0.6 is 0 Å². The zero-order valence-corrected chi connectivity index (χ0v) is 11.0. The summed E-state index contributed by atoms with van der Waals surface area (Å²) in [6.45, 7) is 4.31. The van der Waals surface area contributed by atoms with Crippen LogP contribution in [0.5, 0.6) is 0 Å². The average molecular weight is 252 g/mol. The highest BCUT2D eigenvalue weighted by Crippen LogP contribution is 2.16. The number of nitrogens with two attached hydrogens (primary N) is 1. The van der Waals surface area contributed by atoms with Gasteiger partial charge in [-0.05, 0) is 33.0 Å². The Morgan fingerprint density at radius 2 is 2.28 bits per heavy atom. The summed E-state index contributed by atoms with van der Waals surface area (Å²) >= 11 is 0. The molecule has 0 spiro atoms. The topological polar surface area (TPSA) is 91.5 Å². The minimum absolute atomic E-state index is 0.0226. The molecule has 0 atom stereocenters. The first kappa shape index (κ1) is 14.6. The zero-order valence-electron chi connectivity index (χ0n) is 11.0. The van der Waals surface area contributed by atoms with Crippen molar-refractivity contribution < 1.29 is 9.90 Å². The Labute approximate surface area is 107 Å². The van der Waals surface area contributed by atoms with Gasteiger partial charge in [-0.2, -0.15) is 0 Å². The summed E-state index contributed by atoms with van der Waals surface area (Å²) in [6, 6.07) is 3.36. The van der Waals surface area contributed by atoms with E-state index in [1.165, 1.54) is 0 Å². The number of rotatable bonds is 5. The number of pyridine rings is 1. The maximum atomic E-state index is 11.6. The van der Waals surface area contributed by atoms with Crippen LogP contribution in [0.25, 0.3) is 0 Å². The van der Waals surface area contributed by atoms with Gasteiger partial charge in [0.05, 0.1) is 17.9 Å². The monoisotopic (exact) mass is 252 g/mol. The fraction of sp³-hybridized carbons (Fsp3) is 0.500. The van der Waals surface area contributed by atoms with Gasteiger partial charge in [0, 0.05) is 18.3 Å². The van der Waals surface area contributed by atoms with Crippen LogP contribution in [0.3, 0.4) is 0 Å². The van der Waals surface area contributed by atoms with Gasteiger partial charge in [0.15, 0.2) is 0 Å². The Morgan fingerprint density at radius 1 is 1.61 bits per heavy atom. The Kier molecular flexibility index (Phi) is 4.77. The normalized spacial score (nSPS) is 11.7. The fourth-order valence-electron chi connectivity index (χ4n) is 1.41.